The second-order valence-electron chi connectivity index (χ2n) is 5.81. The third kappa shape index (κ3) is 4.02. The molecule has 1 N–H and O–H groups in total. The van der Waals surface area contributed by atoms with Gasteiger partial charge < -0.3 is 10.1 Å². The Morgan fingerprint density at radius 2 is 2.17 bits per heavy atom. The van der Waals surface area contributed by atoms with Crippen LogP contribution in [-0.4, -0.2) is 12.1 Å². The average molecular weight is 247 g/mol. The lowest BCUT2D eigenvalue weighted by Crippen LogP contribution is -2.25. The van der Waals surface area contributed by atoms with E-state index in [1.54, 1.807) is 0 Å². The van der Waals surface area contributed by atoms with Gasteiger partial charge in [-0.2, -0.15) is 0 Å². The third-order valence-corrected chi connectivity index (χ3v) is 3.56. The minimum atomic E-state index is 0.240. The van der Waals surface area contributed by atoms with Gasteiger partial charge in [-0.1, -0.05) is 19.1 Å². The number of hydrogen-bond donors (Lipinski definition) is 1. The van der Waals surface area contributed by atoms with Crippen molar-refractivity contribution in [1.82, 2.24) is 5.32 Å². The van der Waals surface area contributed by atoms with Crippen molar-refractivity contribution in [2.24, 2.45) is 5.92 Å². The van der Waals surface area contributed by atoms with E-state index < -0.39 is 0 Å². The molecule has 2 rings (SSSR count). The van der Waals surface area contributed by atoms with Gasteiger partial charge in [-0.25, -0.2) is 0 Å². The first kappa shape index (κ1) is 13.4. The molecule has 0 saturated heterocycles. The van der Waals surface area contributed by atoms with Gasteiger partial charge in [-0.15, -0.1) is 0 Å². The van der Waals surface area contributed by atoms with Gasteiger partial charge in [-0.3, -0.25) is 0 Å². The zero-order chi connectivity index (χ0) is 13.0. The minimum Gasteiger partial charge on any atom is -0.491 e. The van der Waals surface area contributed by atoms with Crippen molar-refractivity contribution in [1.29, 1.82) is 0 Å². The molecule has 0 aliphatic heterocycles. The largest absolute Gasteiger partial charge is 0.491 e. The van der Waals surface area contributed by atoms with Crippen molar-refractivity contribution >= 4 is 0 Å². The Balaban J connectivity index is 1.85. The molecule has 1 fully saturated rings. The maximum absolute atomic E-state index is 5.72. The van der Waals surface area contributed by atoms with Crippen molar-refractivity contribution in [3.05, 3.63) is 29.8 Å². The Labute approximate surface area is 111 Å². The standard InChI is InChI=1S/C16H25NO/c1-12(2)18-16-6-4-5-14(10-16)11-17-15-8-7-13(3)9-15/h4-6,10,12-13,15,17H,7-9,11H2,1-3H3. The first-order chi connectivity index (χ1) is 8.63. The molecule has 0 bridgehead atoms. The molecule has 0 radical (unpaired) electrons. The predicted molar refractivity (Wildman–Crippen MR) is 75.8 cm³/mol. The van der Waals surface area contributed by atoms with Crippen molar-refractivity contribution in [2.75, 3.05) is 0 Å². The molecule has 2 unspecified atom stereocenters. The zero-order valence-corrected chi connectivity index (χ0v) is 11.8. The van der Waals surface area contributed by atoms with Crippen LogP contribution in [-0.2, 0) is 6.54 Å². The van der Waals surface area contributed by atoms with Gasteiger partial charge >= 0.3 is 0 Å². The van der Waals surface area contributed by atoms with Crippen LogP contribution >= 0.6 is 0 Å². The molecule has 1 aromatic carbocycles. The van der Waals surface area contributed by atoms with Gasteiger partial charge in [0, 0.05) is 12.6 Å². The predicted octanol–water partition coefficient (Wildman–Crippen LogP) is 3.75. The summed E-state index contributed by atoms with van der Waals surface area (Å²) in [6.45, 7) is 7.42. The van der Waals surface area contributed by atoms with E-state index in [-0.39, 0.29) is 6.10 Å². The summed E-state index contributed by atoms with van der Waals surface area (Å²) in [4.78, 5) is 0. The van der Waals surface area contributed by atoms with E-state index in [1.807, 2.05) is 6.07 Å². The number of benzene rings is 1. The summed E-state index contributed by atoms with van der Waals surface area (Å²) < 4.78 is 5.72. The van der Waals surface area contributed by atoms with Crippen molar-refractivity contribution in [3.8, 4) is 5.75 Å². The van der Waals surface area contributed by atoms with E-state index in [1.165, 1.54) is 24.8 Å². The van der Waals surface area contributed by atoms with Crippen molar-refractivity contribution < 1.29 is 4.74 Å². The lowest BCUT2D eigenvalue weighted by atomic mass is 10.1. The SMILES string of the molecule is CC1CCC(NCc2cccc(OC(C)C)c2)C1. The molecular weight excluding hydrogens is 222 g/mol. The van der Waals surface area contributed by atoms with E-state index in [2.05, 4.69) is 44.3 Å². The van der Waals surface area contributed by atoms with Crippen molar-refractivity contribution in [3.63, 3.8) is 0 Å². The molecule has 1 saturated carbocycles. The van der Waals surface area contributed by atoms with Crippen LogP contribution in [0, 0.1) is 5.92 Å². The molecule has 0 aromatic heterocycles. The van der Waals surface area contributed by atoms with Crippen LogP contribution in [0.2, 0.25) is 0 Å². The smallest absolute Gasteiger partial charge is 0.120 e. The van der Waals surface area contributed by atoms with E-state index in [9.17, 15) is 0 Å². The Morgan fingerprint density at radius 1 is 1.33 bits per heavy atom. The molecule has 1 aromatic rings. The third-order valence-electron chi connectivity index (χ3n) is 3.56. The molecule has 1 aliphatic rings. The van der Waals surface area contributed by atoms with Gasteiger partial charge in [0.05, 0.1) is 6.10 Å². The molecule has 2 nitrogen and oxygen atoms in total. The molecular formula is C16H25NO. The van der Waals surface area contributed by atoms with Crippen LogP contribution in [0.4, 0.5) is 0 Å². The van der Waals surface area contributed by atoms with E-state index in [0.29, 0.717) is 6.04 Å². The van der Waals surface area contributed by atoms with Crippen LogP contribution in [0.5, 0.6) is 5.75 Å². The number of rotatable bonds is 5. The summed E-state index contributed by atoms with van der Waals surface area (Å²) in [6, 6.07) is 9.12. The molecule has 2 heteroatoms. The number of nitrogens with one attached hydrogen (secondary N) is 1. The van der Waals surface area contributed by atoms with Crippen molar-refractivity contribution in [2.45, 2.75) is 58.7 Å². The van der Waals surface area contributed by atoms with E-state index in [4.69, 9.17) is 4.74 Å². The average Bonchev–Trinajstić information content (AvgIpc) is 2.72. The normalized spacial score (nSPS) is 23.6. The topological polar surface area (TPSA) is 21.3 Å². The van der Waals surface area contributed by atoms with E-state index in [0.717, 1.165) is 18.2 Å². The summed E-state index contributed by atoms with van der Waals surface area (Å²) in [6.07, 6.45) is 4.25. The molecule has 2 atom stereocenters. The molecule has 0 spiro atoms. The Bertz CT molecular complexity index is 375. The summed E-state index contributed by atoms with van der Waals surface area (Å²) in [5.41, 5.74) is 1.31. The first-order valence-electron chi connectivity index (χ1n) is 7.12. The highest BCUT2D eigenvalue weighted by atomic mass is 16.5. The first-order valence-corrected chi connectivity index (χ1v) is 7.12. The zero-order valence-electron chi connectivity index (χ0n) is 11.8. The Kier molecular flexibility index (Phi) is 4.65. The summed E-state index contributed by atoms with van der Waals surface area (Å²) in [7, 11) is 0. The maximum atomic E-state index is 5.72. The second-order valence-corrected chi connectivity index (χ2v) is 5.81. The molecule has 0 heterocycles. The van der Waals surface area contributed by atoms with Crippen LogP contribution < -0.4 is 10.1 Å². The van der Waals surface area contributed by atoms with Crippen LogP contribution in [0.25, 0.3) is 0 Å². The van der Waals surface area contributed by atoms with Crippen LogP contribution in [0.15, 0.2) is 24.3 Å². The highest BCUT2D eigenvalue weighted by Crippen LogP contribution is 2.25. The monoisotopic (exact) mass is 247 g/mol. The summed E-state index contributed by atoms with van der Waals surface area (Å²) >= 11 is 0. The highest BCUT2D eigenvalue weighted by molar-refractivity contribution is 5.28. The quantitative estimate of drug-likeness (QED) is 0.855. The van der Waals surface area contributed by atoms with E-state index >= 15 is 0 Å². The lowest BCUT2D eigenvalue weighted by Gasteiger charge is -2.14. The molecule has 0 amide bonds. The summed E-state index contributed by atoms with van der Waals surface area (Å²) in [5, 5.41) is 3.65. The number of hydrogen-bond acceptors (Lipinski definition) is 2. The highest BCUT2D eigenvalue weighted by Gasteiger charge is 2.20. The van der Waals surface area contributed by atoms with Gasteiger partial charge in [0.15, 0.2) is 0 Å². The van der Waals surface area contributed by atoms with Gasteiger partial charge in [0.2, 0.25) is 0 Å². The van der Waals surface area contributed by atoms with Crippen LogP contribution in [0.1, 0.15) is 45.6 Å². The fourth-order valence-corrected chi connectivity index (χ4v) is 2.66. The fourth-order valence-electron chi connectivity index (χ4n) is 2.66. The molecule has 18 heavy (non-hydrogen) atoms. The minimum absolute atomic E-state index is 0.240. The maximum Gasteiger partial charge on any atom is 0.120 e. The fraction of sp³-hybridized carbons (Fsp3) is 0.625. The van der Waals surface area contributed by atoms with Gasteiger partial charge in [-0.05, 0) is 56.7 Å². The van der Waals surface area contributed by atoms with Crippen LogP contribution in [0.3, 0.4) is 0 Å². The Hall–Kier alpha value is -1.02. The molecule has 100 valence electrons. The summed E-state index contributed by atoms with van der Waals surface area (Å²) in [5.74, 6) is 1.86. The number of ether oxygens (including phenoxy) is 1. The van der Waals surface area contributed by atoms with Gasteiger partial charge in [0.25, 0.3) is 0 Å². The Morgan fingerprint density at radius 3 is 2.83 bits per heavy atom. The second kappa shape index (κ2) is 6.24. The lowest BCUT2D eigenvalue weighted by molar-refractivity contribution is 0.242. The molecule has 1 aliphatic carbocycles. The van der Waals surface area contributed by atoms with Gasteiger partial charge in [0.1, 0.15) is 5.75 Å².